The zero-order valence-electron chi connectivity index (χ0n) is 12.6. The van der Waals surface area contributed by atoms with E-state index in [2.05, 4.69) is 6.92 Å². The molecule has 116 valence electrons. The predicted octanol–water partition coefficient (Wildman–Crippen LogP) is 2.62. The quantitative estimate of drug-likeness (QED) is 0.907. The maximum absolute atomic E-state index is 12.4. The first kappa shape index (κ1) is 15.6. The van der Waals surface area contributed by atoms with Gasteiger partial charge in [-0.1, -0.05) is 19.8 Å². The Morgan fingerprint density at radius 1 is 1.33 bits per heavy atom. The van der Waals surface area contributed by atoms with Crippen LogP contribution in [-0.4, -0.2) is 39.5 Å². The Labute approximate surface area is 125 Å². The molecule has 1 aliphatic heterocycles. The molecule has 5 nitrogen and oxygen atoms in total. The number of aromatic carboxylic acids is 1. The lowest BCUT2D eigenvalue weighted by Gasteiger charge is -2.21. The van der Waals surface area contributed by atoms with Crippen LogP contribution in [0.2, 0.25) is 0 Å². The van der Waals surface area contributed by atoms with Crippen LogP contribution in [-0.2, 0) is 11.3 Å². The number of nitrogens with zero attached hydrogens (tertiary/aromatic N) is 2. The van der Waals surface area contributed by atoms with E-state index >= 15 is 0 Å². The van der Waals surface area contributed by atoms with Crippen molar-refractivity contribution in [3.05, 3.63) is 24.0 Å². The minimum atomic E-state index is -0.994. The number of hydrogen-bond acceptors (Lipinski definition) is 2. The van der Waals surface area contributed by atoms with E-state index in [9.17, 15) is 9.59 Å². The minimum Gasteiger partial charge on any atom is -0.477 e. The predicted molar refractivity (Wildman–Crippen MR) is 80.2 cm³/mol. The summed E-state index contributed by atoms with van der Waals surface area (Å²) in [5.74, 6) is -0.244. The van der Waals surface area contributed by atoms with Gasteiger partial charge in [0.1, 0.15) is 12.2 Å². The van der Waals surface area contributed by atoms with Gasteiger partial charge >= 0.3 is 5.97 Å². The summed E-state index contributed by atoms with van der Waals surface area (Å²) in [6, 6.07) is 3.19. The summed E-state index contributed by atoms with van der Waals surface area (Å²) in [4.78, 5) is 25.3. The topological polar surface area (TPSA) is 62.5 Å². The third-order valence-corrected chi connectivity index (χ3v) is 4.25. The van der Waals surface area contributed by atoms with Crippen molar-refractivity contribution >= 4 is 11.9 Å². The summed E-state index contributed by atoms with van der Waals surface area (Å²) in [7, 11) is 0. The molecule has 0 saturated carbocycles. The Morgan fingerprint density at radius 2 is 2.14 bits per heavy atom. The molecule has 1 aliphatic rings. The van der Waals surface area contributed by atoms with Crippen molar-refractivity contribution in [1.82, 2.24) is 9.47 Å². The van der Waals surface area contributed by atoms with Crippen molar-refractivity contribution < 1.29 is 14.7 Å². The third-order valence-electron chi connectivity index (χ3n) is 4.25. The summed E-state index contributed by atoms with van der Waals surface area (Å²) in [5, 5.41) is 9.07. The molecule has 1 N–H and O–H groups in total. The van der Waals surface area contributed by atoms with E-state index < -0.39 is 5.97 Å². The highest BCUT2D eigenvalue weighted by molar-refractivity contribution is 5.86. The van der Waals surface area contributed by atoms with Gasteiger partial charge < -0.3 is 14.6 Å². The number of carboxylic acid groups (broad SMARTS) is 1. The van der Waals surface area contributed by atoms with Gasteiger partial charge in [0.25, 0.3) is 0 Å². The standard InChI is InChI=1S/C16H24N2O3/c1-2-5-13-6-3-9-17(11-8-13)15(19)12-18-10-4-7-14(18)16(20)21/h4,7,10,13H,2-3,5-6,8-9,11-12H2,1H3,(H,20,21). The molecule has 0 spiro atoms. The lowest BCUT2D eigenvalue weighted by atomic mass is 9.96. The lowest BCUT2D eigenvalue weighted by Crippen LogP contribution is -2.35. The van der Waals surface area contributed by atoms with Crippen LogP contribution in [0.1, 0.15) is 49.5 Å². The molecule has 0 aromatic carbocycles. The van der Waals surface area contributed by atoms with E-state index in [0.717, 1.165) is 31.8 Å². The van der Waals surface area contributed by atoms with Gasteiger partial charge in [-0.05, 0) is 37.3 Å². The SMILES string of the molecule is CCCC1CCCN(C(=O)Cn2cccc2C(=O)O)CC1. The fourth-order valence-corrected chi connectivity index (χ4v) is 3.10. The Hall–Kier alpha value is -1.78. The molecule has 1 unspecified atom stereocenters. The number of aromatic nitrogens is 1. The lowest BCUT2D eigenvalue weighted by molar-refractivity contribution is -0.131. The number of carboxylic acids is 1. The van der Waals surface area contributed by atoms with Gasteiger partial charge in [0.2, 0.25) is 5.91 Å². The Balaban J connectivity index is 1.94. The average molecular weight is 292 g/mol. The smallest absolute Gasteiger partial charge is 0.352 e. The molecule has 0 bridgehead atoms. The normalized spacial score (nSPS) is 19.3. The molecule has 5 heteroatoms. The van der Waals surface area contributed by atoms with Crippen LogP contribution in [0.4, 0.5) is 0 Å². The van der Waals surface area contributed by atoms with Gasteiger partial charge in [0.05, 0.1) is 0 Å². The van der Waals surface area contributed by atoms with E-state index in [-0.39, 0.29) is 18.1 Å². The number of hydrogen-bond donors (Lipinski definition) is 1. The van der Waals surface area contributed by atoms with Crippen LogP contribution < -0.4 is 0 Å². The van der Waals surface area contributed by atoms with Crippen molar-refractivity contribution in [3.63, 3.8) is 0 Å². The fourth-order valence-electron chi connectivity index (χ4n) is 3.10. The van der Waals surface area contributed by atoms with Gasteiger partial charge in [0.15, 0.2) is 0 Å². The monoisotopic (exact) mass is 292 g/mol. The highest BCUT2D eigenvalue weighted by atomic mass is 16.4. The largest absolute Gasteiger partial charge is 0.477 e. The second-order valence-corrected chi connectivity index (χ2v) is 5.79. The molecule has 1 fully saturated rings. The second-order valence-electron chi connectivity index (χ2n) is 5.79. The maximum Gasteiger partial charge on any atom is 0.352 e. The van der Waals surface area contributed by atoms with Gasteiger partial charge in [-0.2, -0.15) is 0 Å². The van der Waals surface area contributed by atoms with E-state index in [0.29, 0.717) is 0 Å². The third kappa shape index (κ3) is 4.09. The molecule has 1 aromatic heterocycles. The number of carbonyl (C=O) groups is 2. The highest BCUT2D eigenvalue weighted by Crippen LogP contribution is 2.22. The molecule has 2 heterocycles. The average Bonchev–Trinajstić information content (AvgIpc) is 2.77. The Morgan fingerprint density at radius 3 is 2.86 bits per heavy atom. The van der Waals surface area contributed by atoms with Crippen LogP contribution in [0, 0.1) is 5.92 Å². The molecule has 0 aliphatic carbocycles. The summed E-state index contributed by atoms with van der Waals surface area (Å²) in [6.07, 6.45) is 7.40. The molecular weight excluding hydrogens is 268 g/mol. The first-order valence-electron chi connectivity index (χ1n) is 7.78. The number of amides is 1. The molecule has 1 aromatic rings. The molecule has 2 rings (SSSR count). The first-order chi connectivity index (χ1) is 10.1. The minimum absolute atomic E-state index is 0.0193. The zero-order valence-corrected chi connectivity index (χ0v) is 12.6. The second kappa shape index (κ2) is 7.29. The fraction of sp³-hybridized carbons (Fsp3) is 0.625. The first-order valence-corrected chi connectivity index (χ1v) is 7.78. The summed E-state index contributed by atoms with van der Waals surface area (Å²) < 4.78 is 1.51. The van der Waals surface area contributed by atoms with Crippen LogP contribution in [0.15, 0.2) is 18.3 Å². The van der Waals surface area contributed by atoms with Gasteiger partial charge in [-0.25, -0.2) is 4.79 Å². The summed E-state index contributed by atoms with van der Waals surface area (Å²) >= 11 is 0. The van der Waals surface area contributed by atoms with Crippen molar-refractivity contribution in [3.8, 4) is 0 Å². The van der Waals surface area contributed by atoms with Crippen LogP contribution in [0.3, 0.4) is 0 Å². The summed E-state index contributed by atoms with van der Waals surface area (Å²) in [6.45, 7) is 3.91. The molecular formula is C16H24N2O3. The van der Waals surface area contributed by atoms with Gasteiger partial charge in [-0.3, -0.25) is 4.79 Å². The molecule has 21 heavy (non-hydrogen) atoms. The van der Waals surface area contributed by atoms with Gasteiger partial charge in [0, 0.05) is 19.3 Å². The molecule has 1 saturated heterocycles. The van der Waals surface area contributed by atoms with Crippen molar-refractivity contribution in [2.45, 2.75) is 45.6 Å². The van der Waals surface area contributed by atoms with Crippen LogP contribution in [0.5, 0.6) is 0 Å². The van der Waals surface area contributed by atoms with Crippen LogP contribution in [0.25, 0.3) is 0 Å². The van der Waals surface area contributed by atoms with E-state index in [1.165, 1.54) is 29.9 Å². The molecule has 1 atom stereocenters. The highest BCUT2D eigenvalue weighted by Gasteiger charge is 2.21. The van der Waals surface area contributed by atoms with E-state index in [1.54, 1.807) is 12.3 Å². The van der Waals surface area contributed by atoms with Crippen molar-refractivity contribution in [2.24, 2.45) is 5.92 Å². The van der Waals surface area contributed by atoms with Crippen LogP contribution >= 0.6 is 0 Å². The van der Waals surface area contributed by atoms with E-state index in [1.807, 2.05) is 4.90 Å². The van der Waals surface area contributed by atoms with Crippen molar-refractivity contribution in [1.29, 1.82) is 0 Å². The maximum atomic E-state index is 12.4. The Kier molecular flexibility index (Phi) is 5.42. The number of rotatable bonds is 5. The molecule has 1 amide bonds. The summed E-state index contributed by atoms with van der Waals surface area (Å²) in [5.41, 5.74) is 0.169. The number of carbonyl (C=O) groups excluding carboxylic acids is 1. The van der Waals surface area contributed by atoms with Crippen molar-refractivity contribution in [2.75, 3.05) is 13.1 Å². The van der Waals surface area contributed by atoms with Gasteiger partial charge in [-0.15, -0.1) is 0 Å². The molecule has 0 radical (unpaired) electrons. The number of likely N-dealkylation sites (tertiary alicyclic amines) is 1. The Bertz CT molecular complexity index is 495. The zero-order chi connectivity index (χ0) is 15.2. The van der Waals surface area contributed by atoms with E-state index in [4.69, 9.17) is 5.11 Å².